The van der Waals surface area contributed by atoms with Gasteiger partial charge in [-0.15, -0.1) is 0 Å². The number of anilines is 3. The summed E-state index contributed by atoms with van der Waals surface area (Å²) in [4.78, 5) is 5.15. The zero-order valence-electron chi connectivity index (χ0n) is 28.6. The lowest BCUT2D eigenvalue weighted by Gasteiger charge is -2.43. The highest BCUT2D eigenvalue weighted by molar-refractivity contribution is 7.99. The molecule has 49 heavy (non-hydrogen) atoms. The fourth-order valence-electron chi connectivity index (χ4n) is 8.85. The van der Waals surface area contributed by atoms with E-state index in [0.717, 1.165) is 16.6 Å². The van der Waals surface area contributed by atoms with Crippen molar-refractivity contribution in [1.82, 2.24) is 4.48 Å². The smallest absolute Gasteiger partial charge is 0.333 e. The summed E-state index contributed by atoms with van der Waals surface area (Å²) in [7, 11) is 0. The molecule has 3 aliphatic heterocycles. The van der Waals surface area contributed by atoms with Crippen LogP contribution >= 0.6 is 11.8 Å². The highest BCUT2D eigenvalue weighted by Crippen LogP contribution is 2.55. The van der Waals surface area contributed by atoms with Gasteiger partial charge in [-0.25, -0.2) is 0 Å². The second-order valence-corrected chi connectivity index (χ2v) is 17.3. The minimum Gasteiger partial charge on any atom is -0.455 e. The molecule has 6 aromatic carbocycles. The van der Waals surface area contributed by atoms with Crippen LogP contribution in [-0.4, -0.2) is 11.3 Å². The summed E-state index contributed by atoms with van der Waals surface area (Å²) >= 11 is 1.89. The molecular weight excluding hydrogens is 615 g/mol. The van der Waals surface area contributed by atoms with Crippen molar-refractivity contribution in [2.45, 2.75) is 62.2 Å². The number of fused-ring (bicyclic) bond motifs is 13. The summed E-state index contributed by atoms with van der Waals surface area (Å²) in [6.07, 6.45) is 0. The second-order valence-electron chi connectivity index (χ2n) is 16.2. The van der Waals surface area contributed by atoms with E-state index in [2.05, 4.69) is 154 Å². The van der Waals surface area contributed by atoms with Crippen LogP contribution in [0.25, 0.3) is 54.9 Å². The Hall–Kier alpha value is -4.87. The van der Waals surface area contributed by atoms with E-state index in [-0.39, 0.29) is 17.7 Å². The Morgan fingerprint density at radius 3 is 2.22 bits per heavy atom. The van der Waals surface area contributed by atoms with Gasteiger partial charge in [0.1, 0.15) is 11.2 Å². The summed E-state index contributed by atoms with van der Waals surface area (Å²) < 4.78 is 9.64. The molecule has 0 N–H and O–H groups in total. The molecule has 0 radical (unpaired) electrons. The lowest BCUT2D eigenvalue weighted by Crippen LogP contribution is -2.57. The Morgan fingerprint density at radius 2 is 1.39 bits per heavy atom. The van der Waals surface area contributed by atoms with Crippen LogP contribution < -0.4 is 15.8 Å². The molecule has 0 spiro atoms. The fraction of sp³-hybridized carbons (Fsp3) is 0.182. The Bertz CT molecular complexity index is 2790. The van der Waals surface area contributed by atoms with Gasteiger partial charge in [0.2, 0.25) is 0 Å². The summed E-state index contributed by atoms with van der Waals surface area (Å²) in [6, 6.07) is 39.0. The van der Waals surface area contributed by atoms with Crippen molar-refractivity contribution in [2.24, 2.45) is 0 Å². The molecule has 0 bridgehead atoms. The largest absolute Gasteiger partial charge is 0.455 e. The van der Waals surface area contributed by atoms with Gasteiger partial charge >= 0.3 is 6.85 Å². The summed E-state index contributed by atoms with van der Waals surface area (Å²) in [5, 5.41) is 5.00. The molecule has 236 valence electrons. The van der Waals surface area contributed by atoms with Crippen molar-refractivity contribution in [2.75, 3.05) is 4.90 Å². The second kappa shape index (κ2) is 9.02. The van der Waals surface area contributed by atoms with Gasteiger partial charge in [-0.2, -0.15) is 0 Å². The van der Waals surface area contributed by atoms with Crippen LogP contribution in [0.3, 0.4) is 0 Å². The van der Waals surface area contributed by atoms with Gasteiger partial charge in [0.25, 0.3) is 0 Å². The van der Waals surface area contributed by atoms with Crippen LogP contribution in [0.4, 0.5) is 17.1 Å². The first kappa shape index (κ1) is 28.0. The van der Waals surface area contributed by atoms with Crippen molar-refractivity contribution >= 4 is 90.3 Å². The van der Waals surface area contributed by atoms with Crippen LogP contribution in [0, 0.1) is 0 Å². The highest BCUT2D eigenvalue weighted by atomic mass is 32.2. The minimum absolute atomic E-state index is 0.00634. The van der Waals surface area contributed by atoms with Crippen LogP contribution in [0.15, 0.2) is 117 Å². The molecular formula is C44H35BN2OS. The summed E-state index contributed by atoms with van der Waals surface area (Å²) in [5.74, 6) is 0. The number of furan rings is 1. The van der Waals surface area contributed by atoms with Gasteiger partial charge in [-0.1, -0.05) is 102 Å². The average Bonchev–Trinajstić information content (AvgIpc) is 3.62. The average molecular weight is 651 g/mol. The van der Waals surface area contributed by atoms with E-state index < -0.39 is 0 Å². The number of hydrogen-bond donors (Lipinski definition) is 0. The molecule has 0 aliphatic carbocycles. The Kier molecular flexibility index (Phi) is 5.16. The molecule has 0 saturated carbocycles. The van der Waals surface area contributed by atoms with Gasteiger partial charge in [0.05, 0.1) is 11.4 Å². The predicted molar refractivity (Wildman–Crippen MR) is 209 cm³/mol. The number of hydrogen-bond acceptors (Lipinski definition) is 3. The predicted octanol–water partition coefficient (Wildman–Crippen LogP) is 11.2. The number of benzene rings is 6. The van der Waals surface area contributed by atoms with Crippen LogP contribution in [0.1, 0.15) is 52.7 Å². The molecule has 5 heteroatoms. The zero-order chi connectivity index (χ0) is 33.1. The van der Waals surface area contributed by atoms with Crippen molar-refractivity contribution < 1.29 is 4.42 Å². The quantitative estimate of drug-likeness (QED) is 0.152. The molecule has 8 aromatic rings. The number of nitrogens with zero attached hydrogens (tertiary/aromatic N) is 2. The molecule has 11 rings (SSSR count). The third-order valence-corrected chi connectivity index (χ3v) is 12.3. The van der Waals surface area contributed by atoms with E-state index >= 15 is 0 Å². The molecule has 0 fully saturated rings. The van der Waals surface area contributed by atoms with Crippen LogP contribution in [-0.2, 0) is 10.8 Å². The number of rotatable bonds is 0. The van der Waals surface area contributed by atoms with E-state index in [1.54, 1.807) is 0 Å². The zero-order valence-corrected chi connectivity index (χ0v) is 29.4. The summed E-state index contributed by atoms with van der Waals surface area (Å²) in [6.45, 7) is 14.0. The van der Waals surface area contributed by atoms with Gasteiger partial charge < -0.3 is 13.8 Å². The van der Waals surface area contributed by atoms with Gasteiger partial charge in [-0.05, 0) is 87.5 Å². The monoisotopic (exact) mass is 650 g/mol. The first-order valence-electron chi connectivity index (χ1n) is 17.4. The highest BCUT2D eigenvalue weighted by Gasteiger charge is 2.46. The van der Waals surface area contributed by atoms with Gasteiger partial charge in [0, 0.05) is 59.2 Å². The van der Waals surface area contributed by atoms with Crippen molar-refractivity contribution in [3.63, 3.8) is 0 Å². The minimum atomic E-state index is -0.0377. The lowest BCUT2D eigenvalue weighted by molar-refractivity contribution is 0.590. The molecule has 0 amide bonds. The molecule has 0 saturated heterocycles. The molecule has 0 atom stereocenters. The molecule has 3 nitrogen and oxygen atoms in total. The normalized spacial score (nSPS) is 14.6. The number of para-hydroxylation sites is 3. The number of aromatic nitrogens is 1. The fourth-order valence-corrected chi connectivity index (χ4v) is 9.95. The topological polar surface area (TPSA) is 21.3 Å². The SMILES string of the molecule is CC(C)(C)c1ccc2c(c1)c1cc(C(C)(C)C)cc3c1n2B1c2cccc4c2N(c2ccccc2S4)c2cc4c(oc5ccccc54)c-3c21. The third-order valence-electron chi connectivity index (χ3n) is 11.2. The lowest BCUT2D eigenvalue weighted by atomic mass is 9.45. The maximum atomic E-state index is 6.96. The van der Waals surface area contributed by atoms with Crippen molar-refractivity contribution in [3.05, 3.63) is 114 Å². The van der Waals surface area contributed by atoms with E-state index in [4.69, 9.17) is 4.42 Å². The van der Waals surface area contributed by atoms with E-state index in [1.165, 1.54) is 87.2 Å². The van der Waals surface area contributed by atoms with Gasteiger partial charge in [-0.3, -0.25) is 0 Å². The molecule has 0 unspecified atom stereocenters. The third kappa shape index (κ3) is 3.51. The first-order chi connectivity index (χ1) is 23.6. The van der Waals surface area contributed by atoms with Crippen LogP contribution in [0.5, 0.6) is 0 Å². The molecule has 2 aromatic heterocycles. The van der Waals surface area contributed by atoms with Crippen molar-refractivity contribution in [1.29, 1.82) is 0 Å². The standard InChI is InChI=1S/C44H35BN2OS/c1-43(2,3)24-18-19-32-27(20-24)28-21-25(44(4,5)6)22-30-38-39-34(23-29-26-12-7-9-15-35(26)48-42(29)38)46-33-14-8-10-16-36(33)49-37-17-11-13-31(41(37)46)45(39)47(32)40(28)30/h7-23H,1-6H3. The Morgan fingerprint density at radius 1 is 0.633 bits per heavy atom. The van der Waals surface area contributed by atoms with E-state index in [0.29, 0.717) is 0 Å². The van der Waals surface area contributed by atoms with Crippen molar-refractivity contribution in [3.8, 4) is 11.1 Å². The molecule has 3 aliphatic rings. The Balaban J connectivity index is 1.40. The van der Waals surface area contributed by atoms with E-state index in [1.807, 2.05) is 11.8 Å². The van der Waals surface area contributed by atoms with Crippen LogP contribution in [0.2, 0.25) is 0 Å². The summed E-state index contributed by atoms with van der Waals surface area (Å²) in [5.41, 5.74) is 16.2. The molecule has 5 heterocycles. The first-order valence-corrected chi connectivity index (χ1v) is 18.2. The van der Waals surface area contributed by atoms with E-state index in [9.17, 15) is 0 Å². The maximum absolute atomic E-state index is 6.96. The Labute approximate surface area is 290 Å². The van der Waals surface area contributed by atoms with Gasteiger partial charge in [0.15, 0.2) is 0 Å². The maximum Gasteiger partial charge on any atom is 0.333 e.